The fraction of sp³-hybridized carbons (Fsp3) is 0.269. The van der Waals surface area contributed by atoms with E-state index < -0.39 is 10.0 Å². The molecule has 0 spiro atoms. The summed E-state index contributed by atoms with van der Waals surface area (Å²) >= 11 is 0. The molecule has 0 bridgehead atoms. The Labute approximate surface area is 195 Å². The van der Waals surface area contributed by atoms with Crippen LogP contribution in [0.15, 0.2) is 83.8 Å². The molecule has 1 heterocycles. The first-order chi connectivity index (χ1) is 16.0. The molecule has 4 rings (SSSR count). The Morgan fingerprint density at radius 1 is 0.939 bits per heavy atom. The van der Waals surface area contributed by atoms with Gasteiger partial charge in [0.1, 0.15) is 5.75 Å². The van der Waals surface area contributed by atoms with Crippen molar-refractivity contribution in [2.45, 2.75) is 24.2 Å². The molecule has 7 heteroatoms. The first-order valence-electron chi connectivity index (χ1n) is 11.0. The molecule has 0 aliphatic carbocycles. The van der Waals surface area contributed by atoms with Crippen molar-refractivity contribution in [2.75, 3.05) is 25.5 Å². The number of amides is 1. The van der Waals surface area contributed by atoms with Gasteiger partial charge in [-0.25, -0.2) is 8.42 Å². The van der Waals surface area contributed by atoms with Crippen LogP contribution in [0, 0.1) is 5.92 Å². The van der Waals surface area contributed by atoms with Crippen LogP contribution in [0.4, 0.5) is 5.69 Å². The molecule has 0 aromatic heterocycles. The highest BCUT2D eigenvalue weighted by molar-refractivity contribution is 7.89. The number of benzene rings is 3. The lowest BCUT2D eigenvalue weighted by molar-refractivity contribution is -0.120. The lowest BCUT2D eigenvalue weighted by Gasteiger charge is -2.30. The van der Waals surface area contributed by atoms with Crippen LogP contribution >= 0.6 is 0 Å². The first-order valence-corrected chi connectivity index (χ1v) is 12.5. The van der Waals surface area contributed by atoms with Crippen molar-refractivity contribution in [3.05, 3.63) is 90.0 Å². The van der Waals surface area contributed by atoms with Gasteiger partial charge in [0.25, 0.3) is 0 Å². The van der Waals surface area contributed by atoms with Gasteiger partial charge in [-0.1, -0.05) is 48.5 Å². The number of methoxy groups -OCH3 is 1. The highest BCUT2D eigenvalue weighted by Gasteiger charge is 2.32. The first kappa shape index (κ1) is 23.0. The fourth-order valence-electron chi connectivity index (χ4n) is 4.10. The number of piperidine rings is 1. The Hall–Kier alpha value is -3.16. The molecule has 1 fully saturated rings. The average molecular weight is 465 g/mol. The summed E-state index contributed by atoms with van der Waals surface area (Å²) in [6, 6.07) is 24.3. The van der Waals surface area contributed by atoms with Gasteiger partial charge in [-0.15, -0.1) is 0 Å². The van der Waals surface area contributed by atoms with Crippen LogP contribution < -0.4 is 10.1 Å². The van der Waals surface area contributed by atoms with Crippen molar-refractivity contribution in [3.63, 3.8) is 0 Å². The number of sulfonamides is 1. The van der Waals surface area contributed by atoms with Gasteiger partial charge in [-0.3, -0.25) is 4.79 Å². The van der Waals surface area contributed by atoms with Crippen LogP contribution in [-0.2, 0) is 21.2 Å². The molecule has 3 aromatic carbocycles. The van der Waals surface area contributed by atoms with Crippen LogP contribution in [0.3, 0.4) is 0 Å². The van der Waals surface area contributed by atoms with Crippen LogP contribution in [-0.4, -0.2) is 38.8 Å². The minimum Gasteiger partial charge on any atom is -0.497 e. The van der Waals surface area contributed by atoms with Crippen LogP contribution in [0.2, 0.25) is 0 Å². The molecular formula is C26H28N2O4S. The molecule has 1 amide bonds. The number of nitrogens with zero attached hydrogens (tertiary/aromatic N) is 1. The topological polar surface area (TPSA) is 75.7 Å². The van der Waals surface area contributed by atoms with Crippen molar-refractivity contribution < 1.29 is 17.9 Å². The summed E-state index contributed by atoms with van der Waals surface area (Å²) in [6.45, 7) is 0.635. The summed E-state index contributed by atoms with van der Waals surface area (Å²) in [6.07, 6.45) is 1.71. The summed E-state index contributed by atoms with van der Waals surface area (Å²) in [4.78, 5) is 13.2. The minimum absolute atomic E-state index is 0.0583. The number of para-hydroxylation sites is 1. The van der Waals surface area contributed by atoms with E-state index in [0.717, 1.165) is 17.7 Å². The van der Waals surface area contributed by atoms with Crippen molar-refractivity contribution in [1.82, 2.24) is 4.31 Å². The Kier molecular flexibility index (Phi) is 7.11. The molecule has 6 nitrogen and oxygen atoms in total. The Morgan fingerprint density at radius 3 is 2.24 bits per heavy atom. The number of carbonyl (C=O) groups excluding carboxylic acids is 1. The highest BCUT2D eigenvalue weighted by Crippen LogP contribution is 2.27. The quantitative estimate of drug-likeness (QED) is 0.565. The van der Waals surface area contributed by atoms with Gasteiger partial charge in [0, 0.05) is 24.7 Å². The largest absolute Gasteiger partial charge is 0.497 e. The van der Waals surface area contributed by atoms with E-state index in [1.165, 1.54) is 9.87 Å². The normalized spacial score (nSPS) is 15.2. The molecule has 1 aliphatic heterocycles. The molecule has 172 valence electrons. The van der Waals surface area contributed by atoms with Gasteiger partial charge in [0.05, 0.1) is 12.0 Å². The lowest BCUT2D eigenvalue weighted by atomic mass is 9.96. The second kappa shape index (κ2) is 10.2. The second-order valence-electron chi connectivity index (χ2n) is 8.16. The SMILES string of the molecule is COc1ccc(S(=O)(=O)N2CCC(C(=O)Nc3ccccc3Cc3ccccc3)CC2)cc1. The maximum Gasteiger partial charge on any atom is 0.243 e. The summed E-state index contributed by atoms with van der Waals surface area (Å²) < 4.78 is 32.5. The third kappa shape index (κ3) is 5.43. The monoisotopic (exact) mass is 464 g/mol. The van der Waals surface area contributed by atoms with Gasteiger partial charge in [-0.2, -0.15) is 4.31 Å². The van der Waals surface area contributed by atoms with Gasteiger partial charge in [-0.05, 0) is 60.7 Å². The summed E-state index contributed by atoms with van der Waals surface area (Å²) in [5.41, 5.74) is 3.03. The number of hydrogen-bond acceptors (Lipinski definition) is 4. The van der Waals surface area contributed by atoms with Gasteiger partial charge >= 0.3 is 0 Å². The van der Waals surface area contributed by atoms with E-state index in [9.17, 15) is 13.2 Å². The van der Waals surface area contributed by atoms with E-state index in [0.29, 0.717) is 31.7 Å². The summed E-state index contributed by atoms with van der Waals surface area (Å²) in [5, 5.41) is 3.08. The molecule has 0 atom stereocenters. The summed E-state index contributed by atoms with van der Waals surface area (Å²) in [5.74, 6) is 0.325. The predicted molar refractivity (Wildman–Crippen MR) is 129 cm³/mol. The minimum atomic E-state index is -3.59. The highest BCUT2D eigenvalue weighted by atomic mass is 32.2. The van der Waals surface area contributed by atoms with E-state index in [4.69, 9.17) is 4.74 Å². The average Bonchev–Trinajstić information content (AvgIpc) is 2.86. The Bertz CT molecular complexity index is 1190. The third-order valence-corrected chi connectivity index (χ3v) is 7.95. The molecule has 1 saturated heterocycles. The molecule has 1 N–H and O–H groups in total. The number of anilines is 1. The van der Waals surface area contributed by atoms with Crippen molar-refractivity contribution in [1.29, 1.82) is 0 Å². The Morgan fingerprint density at radius 2 is 1.58 bits per heavy atom. The van der Waals surface area contributed by atoms with Crippen molar-refractivity contribution >= 4 is 21.6 Å². The lowest BCUT2D eigenvalue weighted by Crippen LogP contribution is -2.41. The zero-order chi connectivity index (χ0) is 23.3. The maximum atomic E-state index is 13.0. The Balaban J connectivity index is 1.38. The van der Waals surface area contributed by atoms with Gasteiger partial charge in [0.15, 0.2) is 0 Å². The summed E-state index contributed by atoms with van der Waals surface area (Å²) in [7, 11) is -2.05. The molecule has 3 aromatic rings. The maximum absolute atomic E-state index is 13.0. The molecule has 0 unspecified atom stereocenters. The number of ether oxygens (including phenoxy) is 1. The van der Waals surface area contributed by atoms with Crippen molar-refractivity contribution in [2.24, 2.45) is 5.92 Å². The molecule has 33 heavy (non-hydrogen) atoms. The van der Waals surface area contributed by atoms with E-state index in [1.54, 1.807) is 31.4 Å². The number of nitrogens with one attached hydrogen (secondary N) is 1. The standard InChI is InChI=1S/C26H28N2O4S/c1-32-23-11-13-24(14-12-23)33(30,31)28-17-15-21(16-18-28)26(29)27-25-10-6-5-9-22(25)19-20-7-3-2-4-8-20/h2-14,21H,15-19H2,1H3,(H,27,29). The zero-order valence-corrected chi connectivity index (χ0v) is 19.4. The van der Waals surface area contributed by atoms with Crippen LogP contribution in [0.1, 0.15) is 24.0 Å². The third-order valence-electron chi connectivity index (χ3n) is 6.03. The molecule has 0 radical (unpaired) electrons. The van der Waals surface area contributed by atoms with Gasteiger partial charge in [0.2, 0.25) is 15.9 Å². The number of hydrogen-bond donors (Lipinski definition) is 1. The molecule has 0 saturated carbocycles. The van der Waals surface area contributed by atoms with Crippen LogP contribution in [0.25, 0.3) is 0 Å². The van der Waals surface area contributed by atoms with E-state index in [2.05, 4.69) is 17.4 Å². The smallest absolute Gasteiger partial charge is 0.243 e. The van der Waals surface area contributed by atoms with E-state index in [1.807, 2.05) is 42.5 Å². The molecular weight excluding hydrogens is 436 g/mol. The van der Waals surface area contributed by atoms with Crippen LogP contribution in [0.5, 0.6) is 5.75 Å². The van der Waals surface area contributed by atoms with Crippen molar-refractivity contribution in [3.8, 4) is 5.75 Å². The second-order valence-corrected chi connectivity index (χ2v) is 10.1. The van der Waals surface area contributed by atoms with E-state index in [-0.39, 0.29) is 16.7 Å². The number of carbonyl (C=O) groups is 1. The van der Waals surface area contributed by atoms with Gasteiger partial charge < -0.3 is 10.1 Å². The zero-order valence-electron chi connectivity index (χ0n) is 18.6. The molecule has 1 aliphatic rings. The number of rotatable bonds is 7. The predicted octanol–water partition coefficient (Wildman–Crippen LogP) is 4.33. The fourth-order valence-corrected chi connectivity index (χ4v) is 5.57. The van der Waals surface area contributed by atoms with E-state index >= 15 is 0 Å².